The largest absolute Gasteiger partial charge is 0.495 e. The van der Waals surface area contributed by atoms with Gasteiger partial charge in [0, 0.05) is 17.5 Å². The van der Waals surface area contributed by atoms with Crippen molar-refractivity contribution in [2.75, 3.05) is 12.4 Å². The van der Waals surface area contributed by atoms with E-state index in [4.69, 9.17) is 4.74 Å². The average molecular weight is 438 g/mol. The van der Waals surface area contributed by atoms with Crippen LogP contribution in [0.2, 0.25) is 0 Å². The second-order valence-corrected chi connectivity index (χ2v) is 9.51. The number of fused-ring (bicyclic) bond motifs is 1. The minimum atomic E-state index is -4.13. The summed E-state index contributed by atoms with van der Waals surface area (Å²) >= 11 is 1.40. The quantitative estimate of drug-likeness (QED) is 0.475. The van der Waals surface area contributed by atoms with Crippen LogP contribution in [-0.4, -0.2) is 27.3 Å². The molecule has 1 aromatic carbocycles. The van der Waals surface area contributed by atoms with Crippen LogP contribution in [0.25, 0.3) is 0 Å². The predicted octanol–water partition coefficient (Wildman–Crippen LogP) is 2.61. The van der Waals surface area contributed by atoms with Crippen molar-refractivity contribution in [3.8, 4) is 5.75 Å². The molecule has 0 saturated heterocycles. The number of nitrogens with one attached hydrogen (secondary N) is 3. The fourth-order valence-corrected chi connectivity index (χ4v) is 5.36. The van der Waals surface area contributed by atoms with E-state index in [0.29, 0.717) is 10.6 Å². The number of benzene rings is 1. The van der Waals surface area contributed by atoms with Gasteiger partial charge in [0.1, 0.15) is 10.6 Å². The van der Waals surface area contributed by atoms with Crippen molar-refractivity contribution < 1.29 is 22.7 Å². The van der Waals surface area contributed by atoms with E-state index in [1.165, 1.54) is 60.4 Å². The Hall–Kier alpha value is -2.43. The maximum Gasteiger partial charge on any atom is 0.276 e. The molecule has 10 heteroatoms. The molecule has 3 rings (SSSR count). The molecule has 1 aliphatic rings. The van der Waals surface area contributed by atoms with E-state index >= 15 is 0 Å². The minimum absolute atomic E-state index is 0.0867. The highest BCUT2D eigenvalue weighted by atomic mass is 32.2. The lowest BCUT2D eigenvalue weighted by molar-refractivity contribution is -0.114. The second-order valence-electron chi connectivity index (χ2n) is 6.73. The first-order chi connectivity index (χ1) is 13.8. The molecular formula is C19H23N3O5S2. The second kappa shape index (κ2) is 8.93. The molecule has 2 aromatic rings. The van der Waals surface area contributed by atoms with Gasteiger partial charge in [-0.25, -0.2) is 8.42 Å². The van der Waals surface area contributed by atoms with Crippen molar-refractivity contribution in [1.29, 1.82) is 0 Å². The van der Waals surface area contributed by atoms with E-state index in [1.54, 1.807) is 0 Å². The van der Waals surface area contributed by atoms with Gasteiger partial charge in [0.2, 0.25) is 5.91 Å². The molecule has 1 heterocycles. The number of rotatable bonds is 6. The Kier molecular flexibility index (Phi) is 6.56. The summed E-state index contributed by atoms with van der Waals surface area (Å²) in [5.74, 6) is -0.760. The van der Waals surface area contributed by atoms with E-state index in [2.05, 4.69) is 15.6 Å². The number of thiophene rings is 1. The molecule has 156 valence electrons. The predicted molar refractivity (Wildman–Crippen MR) is 111 cm³/mol. The summed E-state index contributed by atoms with van der Waals surface area (Å²) in [5, 5.41) is 2.52. The molecule has 29 heavy (non-hydrogen) atoms. The number of carbonyl (C=O) groups is 2. The van der Waals surface area contributed by atoms with Crippen LogP contribution >= 0.6 is 11.3 Å². The number of hydrazine groups is 1. The number of ether oxygens (including phenoxy) is 1. The van der Waals surface area contributed by atoms with Crippen LogP contribution in [-0.2, 0) is 27.7 Å². The number of aryl methyl sites for hydroxylation is 2. The van der Waals surface area contributed by atoms with Crippen LogP contribution in [0.1, 0.15) is 46.3 Å². The van der Waals surface area contributed by atoms with Gasteiger partial charge in [0.05, 0.1) is 12.0 Å². The molecule has 3 N–H and O–H groups in total. The summed E-state index contributed by atoms with van der Waals surface area (Å²) in [6.07, 6.45) is 5.28. The maximum absolute atomic E-state index is 12.7. The van der Waals surface area contributed by atoms with Crippen molar-refractivity contribution in [2.24, 2.45) is 0 Å². The van der Waals surface area contributed by atoms with Gasteiger partial charge in [0.25, 0.3) is 15.9 Å². The first kappa shape index (κ1) is 21.3. The molecule has 0 spiro atoms. The number of carbonyl (C=O) groups excluding carboxylic acids is 2. The maximum atomic E-state index is 12.7. The standard InChI is InChI=1S/C19H23N3O5S2/c1-12(23)20-14-8-9-15(27-2)18(11-14)29(25,26)22-21-19(24)17-10-13-6-4-3-5-7-16(13)28-17/h8-11,22H,3-7H2,1-2H3,(H,20,23)(H,21,24). The van der Waals surface area contributed by atoms with Crippen molar-refractivity contribution >= 4 is 38.9 Å². The van der Waals surface area contributed by atoms with Crippen LogP contribution in [0, 0.1) is 0 Å². The zero-order valence-electron chi connectivity index (χ0n) is 16.2. The SMILES string of the molecule is COc1ccc(NC(C)=O)cc1S(=O)(=O)NNC(=O)c1cc2c(s1)CCCCC2. The lowest BCUT2D eigenvalue weighted by atomic mass is 10.1. The number of hydrogen-bond donors (Lipinski definition) is 3. The molecule has 0 unspecified atom stereocenters. The highest BCUT2D eigenvalue weighted by molar-refractivity contribution is 7.89. The van der Waals surface area contributed by atoms with Crippen LogP contribution in [0.15, 0.2) is 29.2 Å². The molecule has 2 amide bonds. The Morgan fingerprint density at radius 2 is 1.86 bits per heavy atom. The van der Waals surface area contributed by atoms with Gasteiger partial charge in [-0.05, 0) is 55.5 Å². The number of anilines is 1. The monoisotopic (exact) mass is 437 g/mol. The van der Waals surface area contributed by atoms with Crippen LogP contribution in [0.4, 0.5) is 5.69 Å². The van der Waals surface area contributed by atoms with Gasteiger partial charge in [-0.2, -0.15) is 0 Å². The highest BCUT2D eigenvalue weighted by Crippen LogP contribution is 2.29. The number of sulfonamides is 1. The Labute approximate surface area is 173 Å². The van der Waals surface area contributed by atoms with Gasteiger partial charge >= 0.3 is 0 Å². The number of hydrogen-bond acceptors (Lipinski definition) is 6. The Morgan fingerprint density at radius 1 is 1.10 bits per heavy atom. The third kappa shape index (κ3) is 5.14. The minimum Gasteiger partial charge on any atom is -0.495 e. The van der Waals surface area contributed by atoms with Crippen molar-refractivity contribution in [3.05, 3.63) is 39.6 Å². The summed E-state index contributed by atoms with van der Waals surface area (Å²) in [4.78, 5) is 27.3. The number of amides is 2. The average Bonchev–Trinajstić information content (AvgIpc) is 2.96. The van der Waals surface area contributed by atoms with Gasteiger partial charge < -0.3 is 10.1 Å². The number of methoxy groups -OCH3 is 1. The summed E-state index contributed by atoms with van der Waals surface area (Å²) in [7, 11) is -2.79. The molecule has 1 aromatic heterocycles. The summed E-state index contributed by atoms with van der Waals surface area (Å²) < 4.78 is 30.5. The molecule has 0 bridgehead atoms. The Balaban J connectivity index is 1.76. The van der Waals surface area contributed by atoms with Crippen LogP contribution < -0.4 is 20.3 Å². The van der Waals surface area contributed by atoms with Crippen LogP contribution in [0.3, 0.4) is 0 Å². The first-order valence-corrected chi connectivity index (χ1v) is 11.5. The summed E-state index contributed by atoms with van der Waals surface area (Å²) in [6, 6.07) is 6.06. The fourth-order valence-electron chi connectivity index (χ4n) is 3.18. The van der Waals surface area contributed by atoms with Gasteiger partial charge in [-0.1, -0.05) is 6.42 Å². The van der Waals surface area contributed by atoms with Gasteiger partial charge in [-0.15, -0.1) is 16.2 Å². The van der Waals surface area contributed by atoms with Crippen molar-refractivity contribution in [3.63, 3.8) is 0 Å². The first-order valence-electron chi connectivity index (χ1n) is 9.19. The third-order valence-electron chi connectivity index (χ3n) is 4.54. The van der Waals surface area contributed by atoms with Crippen molar-refractivity contribution in [2.45, 2.75) is 43.9 Å². The zero-order valence-corrected chi connectivity index (χ0v) is 17.8. The van der Waals surface area contributed by atoms with E-state index in [0.717, 1.165) is 25.7 Å². The highest BCUT2D eigenvalue weighted by Gasteiger charge is 2.23. The van der Waals surface area contributed by atoms with Gasteiger partial charge in [-0.3, -0.25) is 15.0 Å². The lowest BCUT2D eigenvalue weighted by Crippen LogP contribution is -2.41. The zero-order chi connectivity index (χ0) is 21.0. The summed E-state index contributed by atoms with van der Waals surface area (Å²) in [6.45, 7) is 1.32. The van der Waals surface area contributed by atoms with E-state index in [9.17, 15) is 18.0 Å². The Bertz CT molecular complexity index is 1010. The van der Waals surface area contributed by atoms with E-state index in [-0.39, 0.29) is 16.6 Å². The lowest BCUT2D eigenvalue weighted by Gasteiger charge is -2.13. The molecule has 0 aliphatic heterocycles. The van der Waals surface area contributed by atoms with Crippen molar-refractivity contribution in [1.82, 2.24) is 10.3 Å². The fraction of sp³-hybridized carbons (Fsp3) is 0.368. The van der Waals surface area contributed by atoms with Gasteiger partial charge in [0.15, 0.2) is 0 Å². The molecule has 8 nitrogen and oxygen atoms in total. The molecular weight excluding hydrogens is 414 g/mol. The summed E-state index contributed by atoms with van der Waals surface area (Å²) in [5.41, 5.74) is 3.73. The van der Waals surface area contributed by atoms with Crippen LogP contribution in [0.5, 0.6) is 5.75 Å². The molecule has 0 fully saturated rings. The Morgan fingerprint density at radius 3 is 2.59 bits per heavy atom. The third-order valence-corrected chi connectivity index (χ3v) is 7.05. The molecule has 1 aliphatic carbocycles. The molecule has 0 atom stereocenters. The smallest absolute Gasteiger partial charge is 0.276 e. The van der Waals surface area contributed by atoms with E-state index in [1.807, 2.05) is 6.07 Å². The van der Waals surface area contributed by atoms with E-state index < -0.39 is 15.9 Å². The molecule has 0 radical (unpaired) electrons. The molecule has 0 saturated carbocycles. The topological polar surface area (TPSA) is 114 Å². The normalized spacial score (nSPS) is 13.9.